The topological polar surface area (TPSA) is 47.4 Å². The number of nitrogens with zero attached hydrogens (tertiary/aromatic N) is 3. The lowest BCUT2D eigenvalue weighted by molar-refractivity contribution is 0.0989. The second-order valence-corrected chi connectivity index (χ2v) is 7.21. The Kier molecular flexibility index (Phi) is 4.09. The predicted octanol–water partition coefficient (Wildman–Crippen LogP) is 4.55. The molecule has 29 heavy (non-hydrogen) atoms. The van der Waals surface area contributed by atoms with Crippen LogP contribution in [0.1, 0.15) is 21.7 Å². The van der Waals surface area contributed by atoms with Crippen LogP contribution in [-0.4, -0.2) is 29.1 Å². The third-order valence-corrected chi connectivity index (χ3v) is 5.53. The summed E-state index contributed by atoms with van der Waals surface area (Å²) in [5, 5.41) is 0. The molecule has 1 aromatic heterocycles. The molecule has 0 unspecified atom stereocenters. The number of amides is 1. The third kappa shape index (κ3) is 2.78. The lowest BCUT2D eigenvalue weighted by Gasteiger charge is -2.17. The molecule has 0 bridgehead atoms. The molecule has 0 N–H and O–H groups in total. The van der Waals surface area contributed by atoms with Gasteiger partial charge in [0.1, 0.15) is 11.6 Å². The number of carbonyl (C=O) groups is 1. The van der Waals surface area contributed by atoms with Crippen molar-refractivity contribution < 1.29 is 9.53 Å². The van der Waals surface area contributed by atoms with Crippen molar-refractivity contribution in [3.8, 4) is 11.4 Å². The number of ether oxygens (including phenoxy) is 1. The Morgan fingerprint density at radius 2 is 1.76 bits per heavy atom. The average molecular weight is 383 g/mol. The smallest absolute Gasteiger partial charge is 0.258 e. The van der Waals surface area contributed by atoms with E-state index in [2.05, 4.69) is 10.6 Å². The van der Waals surface area contributed by atoms with Crippen LogP contribution in [-0.2, 0) is 6.42 Å². The van der Waals surface area contributed by atoms with E-state index in [1.165, 1.54) is 5.56 Å². The number of aromatic nitrogens is 2. The summed E-state index contributed by atoms with van der Waals surface area (Å²) in [6, 6.07) is 21.7. The number of rotatable bonds is 3. The maximum atomic E-state index is 13.2. The van der Waals surface area contributed by atoms with Crippen molar-refractivity contribution in [2.24, 2.45) is 0 Å². The molecule has 0 fully saturated rings. The largest absolute Gasteiger partial charge is 0.495 e. The Labute approximate surface area is 169 Å². The van der Waals surface area contributed by atoms with Gasteiger partial charge in [-0.15, -0.1) is 0 Å². The van der Waals surface area contributed by atoms with E-state index in [4.69, 9.17) is 9.72 Å². The zero-order chi connectivity index (χ0) is 20.0. The van der Waals surface area contributed by atoms with Gasteiger partial charge in [-0.3, -0.25) is 9.36 Å². The van der Waals surface area contributed by atoms with Crippen LogP contribution in [0, 0.1) is 6.92 Å². The summed E-state index contributed by atoms with van der Waals surface area (Å²) in [6.45, 7) is 2.68. The summed E-state index contributed by atoms with van der Waals surface area (Å²) >= 11 is 0. The van der Waals surface area contributed by atoms with E-state index in [0.29, 0.717) is 12.1 Å². The van der Waals surface area contributed by atoms with Crippen LogP contribution in [0.25, 0.3) is 16.7 Å². The number of imidazole rings is 1. The lowest BCUT2D eigenvalue weighted by atomic mass is 10.1. The van der Waals surface area contributed by atoms with Crippen LogP contribution in [0.3, 0.4) is 0 Å². The highest BCUT2D eigenvalue weighted by Crippen LogP contribution is 2.31. The summed E-state index contributed by atoms with van der Waals surface area (Å²) in [6.07, 6.45) is 0.895. The number of aryl methyl sites for hydroxylation is 1. The fourth-order valence-electron chi connectivity index (χ4n) is 4.16. The Balaban J connectivity index is 1.57. The molecule has 0 saturated heterocycles. The van der Waals surface area contributed by atoms with Crippen molar-refractivity contribution in [3.63, 3.8) is 0 Å². The summed E-state index contributed by atoms with van der Waals surface area (Å²) in [4.78, 5) is 19.8. The Morgan fingerprint density at radius 1 is 1.00 bits per heavy atom. The molecule has 5 rings (SSSR count). The zero-order valence-electron chi connectivity index (χ0n) is 16.4. The lowest BCUT2D eigenvalue weighted by Crippen LogP contribution is -2.28. The van der Waals surface area contributed by atoms with Crippen molar-refractivity contribution in [3.05, 3.63) is 83.7 Å². The van der Waals surface area contributed by atoms with Gasteiger partial charge in [-0.1, -0.05) is 30.3 Å². The van der Waals surface area contributed by atoms with Gasteiger partial charge in [0.05, 0.1) is 23.8 Å². The van der Waals surface area contributed by atoms with Gasteiger partial charge in [0.15, 0.2) is 0 Å². The molecule has 4 aromatic rings. The summed E-state index contributed by atoms with van der Waals surface area (Å²) < 4.78 is 7.59. The molecule has 0 aliphatic carbocycles. The van der Waals surface area contributed by atoms with Gasteiger partial charge < -0.3 is 9.64 Å². The highest BCUT2D eigenvalue weighted by atomic mass is 16.5. The fourth-order valence-corrected chi connectivity index (χ4v) is 4.16. The molecule has 2 heterocycles. The number of hydrogen-bond donors (Lipinski definition) is 0. The standard InChI is InChI=1S/C24H21N3O2/c1-16-25-19-15-18(24(28)26-14-13-17-7-3-4-8-20(17)26)11-12-21(19)27(16)22-9-5-6-10-23(22)29-2/h3-12,15H,13-14H2,1-2H3. The highest BCUT2D eigenvalue weighted by molar-refractivity contribution is 6.08. The minimum atomic E-state index is 0.0151. The van der Waals surface area contributed by atoms with Crippen molar-refractivity contribution in [1.82, 2.24) is 9.55 Å². The predicted molar refractivity (Wildman–Crippen MR) is 114 cm³/mol. The van der Waals surface area contributed by atoms with Crippen molar-refractivity contribution in [2.75, 3.05) is 18.6 Å². The quantitative estimate of drug-likeness (QED) is 0.522. The Bertz CT molecular complexity index is 1240. The molecule has 3 aromatic carbocycles. The van der Waals surface area contributed by atoms with Gasteiger partial charge >= 0.3 is 0 Å². The molecule has 1 aliphatic heterocycles. The number of carbonyl (C=O) groups excluding carboxylic acids is 1. The molecular formula is C24H21N3O2. The third-order valence-electron chi connectivity index (χ3n) is 5.53. The molecule has 1 amide bonds. The average Bonchev–Trinajstić information content (AvgIpc) is 3.33. The number of fused-ring (bicyclic) bond motifs is 2. The summed E-state index contributed by atoms with van der Waals surface area (Å²) in [7, 11) is 1.66. The van der Waals surface area contributed by atoms with Crippen molar-refractivity contribution in [1.29, 1.82) is 0 Å². The Hall–Kier alpha value is -3.60. The molecule has 5 heteroatoms. The first-order chi connectivity index (χ1) is 14.2. The van der Waals surface area contributed by atoms with Crippen molar-refractivity contribution >= 4 is 22.6 Å². The normalized spacial score (nSPS) is 13.0. The maximum absolute atomic E-state index is 13.2. The first kappa shape index (κ1) is 17.5. The van der Waals surface area contributed by atoms with Gasteiger partial charge in [-0.25, -0.2) is 4.98 Å². The number of para-hydroxylation sites is 3. The Morgan fingerprint density at radius 3 is 2.59 bits per heavy atom. The molecule has 5 nitrogen and oxygen atoms in total. The van der Waals surface area contributed by atoms with E-state index in [0.717, 1.165) is 40.4 Å². The van der Waals surface area contributed by atoms with E-state index in [1.54, 1.807) is 7.11 Å². The molecule has 144 valence electrons. The number of anilines is 1. The number of methoxy groups -OCH3 is 1. The molecular weight excluding hydrogens is 362 g/mol. The first-order valence-electron chi connectivity index (χ1n) is 9.69. The van der Waals surface area contributed by atoms with E-state index in [1.807, 2.05) is 72.5 Å². The van der Waals surface area contributed by atoms with E-state index in [-0.39, 0.29) is 5.91 Å². The van der Waals surface area contributed by atoms with Crippen LogP contribution in [0.5, 0.6) is 5.75 Å². The SMILES string of the molecule is COc1ccccc1-n1c(C)nc2cc(C(=O)N3CCc4ccccc43)ccc21. The first-order valence-corrected chi connectivity index (χ1v) is 9.69. The number of benzene rings is 3. The fraction of sp³-hybridized carbons (Fsp3) is 0.167. The zero-order valence-corrected chi connectivity index (χ0v) is 16.4. The molecule has 0 radical (unpaired) electrons. The second-order valence-electron chi connectivity index (χ2n) is 7.21. The van der Waals surface area contributed by atoms with Crippen LogP contribution in [0.4, 0.5) is 5.69 Å². The van der Waals surface area contributed by atoms with Crippen LogP contribution in [0.15, 0.2) is 66.7 Å². The molecule has 0 atom stereocenters. The van der Waals surface area contributed by atoms with Crippen LogP contribution < -0.4 is 9.64 Å². The van der Waals surface area contributed by atoms with Gasteiger partial charge in [0.2, 0.25) is 0 Å². The van der Waals surface area contributed by atoms with Crippen molar-refractivity contribution in [2.45, 2.75) is 13.3 Å². The van der Waals surface area contributed by atoms with Gasteiger partial charge in [-0.05, 0) is 55.3 Å². The minimum Gasteiger partial charge on any atom is -0.495 e. The molecule has 1 aliphatic rings. The van der Waals surface area contributed by atoms with E-state index >= 15 is 0 Å². The van der Waals surface area contributed by atoms with Gasteiger partial charge in [0, 0.05) is 17.8 Å². The molecule has 0 spiro atoms. The monoisotopic (exact) mass is 383 g/mol. The van der Waals surface area contributed by atoms with Crippen LogP contribution in [0.2, 0.25) is 0 Å². The molecule has 0 saturated carbocycles. The van der Waals surface area contributed by atoms with Gasteiger partial charge in [0.25, 0.3) is 5.91 Å². The minimum absolute atomic E-state index is 0.0151. The second kappa shape index (κ2) is 6.78. The van der Waals surface area contributed by atoms with Gasteiger partial charge in [-0.2, -0.15) is 0 Å². The number of hydrogen-bond acceptors (Lipinski definition) is 3. The highest BCUT2D eigenvalue weighted by Gasteiger charge is 2.25. The van der Waals surface area contributed by atoms with E-state index in [9.17, 15) is 4.79 Å². The van der Waals surface area contributed by atoms with Crippen LogP contribution >= 0.6 is 0 Å². The maximum Gasteiger partial charge on any atom is 0.258 e. The summed E-state index contributed by atoms with van der Waals surface area (Å²) in [5.74, 6) is 1.64. The van der Waals surface area contributed by atoms with E-state index < -0.39 is 0 Å². The summed E-state index contributed by atoms with van der Waals surface area (Å²) in [5.41, 5.74) is 5.56.